The SMILES string of the molecule is CCOC(=O)C1CCN(C(=O)c2cc3n(n2)CCN(Cc2ccc(C(F)(F)F)cc2)C3=O)CC1. The molecule has 0 N–H and O–H groups in total. The van der Waals surface area contributed by atoms with E-state index in [1.807, 2.05) is 0 Å². The Hall–Kier alpha value is -3.37. The minimum atomic E-state index is -4.41. The maximum Gasteiger partial charge on any atom is 0.416 e. The zero-order valence-electron chi connectivity index (χ0n) is 18.7. The van der Waals surface area contributed by atoms with Crippen LogP contribution >= 0.6 is 0 Å². The number of likely N-dealkylation sites (tertiary alicyclic amines) is 1. The first kappa shape index (κ1) is 23.8. The van der Waals surface area contributed by atoms with Crippen LogP contribution in [0.1, 0.15) is 51.9 Å². The van der Waals surface area contributed by atoms with Gasteiger partial charge in [0, 0.05) is 32.2 Å². The Morgan fingerprint density at radius 3 is 2.38 bits per heavy atom. The number of carbonyl (C=O) groups is 3. The number of nitrogens with zero attached hydrogens (tertiary/aromatic N) is 4. The molecule has 1 saturated heterocycles. The largest absolute Gasteiger partial charge is 0.466 e. The van der Waals surface area contributed by atoms with E-state index in [-0.39, 0.29) is 41.6 Å². The summed E-state index contributed by atoms with van der Waals surface area (Å²) in [7, 11) is 0. The zero-order chi connectivity index (χ0) is 24.5. The Labute approximate surface area is 194 Å². The fourth-order valence-corrected chi connectivity index (χ4v) is 4.25. The number of hydrogen-bond donors (Lipinski definition) is 0. The average molecular weight is 478 g/mol. The van der Waals surface area contributed by atoms with E-state index in [4.69, 9.17) is 4.74 Å². The summed E-state index contributed by atoms with van der Waals surface area (Å²) in [6.07, 6.45) is -3.39. The molecule has 4 rings (SSSR count). The van der Waals surface area contributed by atoms with Crippen molar-refractivity contribution in [2.45, 2.75) is 39.0 Å². The first-order chi connectivity index (χ1) is 16.2. The Kier molecular flexibility index (Phi) is 6.63. The van der Waals surface area contributed by atoms with E-state index in [0.717, 1.165) is 12.1 Å². The fourth-order valence-electron chi connectivity index (χ4n) is 4.25. The number of benzene rings is 1. The van der Waals surface area contributed by atoms with Gasteiger partial charge in [0.05, 0.1) is 24.6 Å². The minimum absolute atomic E-state index is 0.160. The van der Waals surface area contributed by atoms with Gasteiger partial charge in [0.2, 0.25) is 0 Å². The van der Waals surface area contributed by atoms with Crippen molar-refractivity contribution in [2.24, 2.45) is 5.92 Å². The van der Waals surface area contributed by atoms with E-state index in [2.05, 4.69) is 5.10 Å². The van der Waals surface area contributed by atoms with Gasteiger partial charge in [0.15, 0.2) is 5.69 Å². The van der Waals surface area contributed by atoms with E-state index >= 15 is 0 Å². The number of halogens is 3. The number of aromatic nitrogens is 2. The molecule has 1 fully saturated rings. The summed E-state index contributed by atoms with van der Waals surface area (Å²) in [6, 6.07) is 6.17. The van der Waals surface area contributed by atoms with Gasteiger partial charge in [0.25, 0.3) is 11.8 Å². The molecule has 0 unspecified atom stereocenters. The molecule has 0 atom stereocenters. The molecule has 34 heavy (non-hydrogen) atoms. The number of carbonyl (C=O) groups excluding carboxylic acids is 3. The molecule has 0 saturated carbocycles. The molecule has 1 aromatic carbocycles. The van der Waals surface area contributed by atoms with Gasteiger partial charge in [-0.05, 0) is 37.5 Å². The highest BCUT2D eigenvalue weighted by atomic mass is 19.4. The average Bonchev–Trinajstić information content (AvgIpc) is 3.26. The summed E-state index contributed by atoms with van der Waals surface area (Å²) < 4.78 is 44.8. The van der Waals surface area contributed by atoms with Crippen molar-refractivity contribution >= 4 is 17.8 Å². The van der Waals surface area contributed by atoms with Crippen molar-refractivity contribution in [2.75, 3.05) is 26.2 Å². The van der Waals surface area contributed by atoms with Crippen LogP contribution in [0.2, 0.25) is 0 Å². The molecule has 0 spiro atoms. The summed E-state index contributed by atoms with van der Waals surface area (Å²) in [5, 5.41) is 4.30. The number of piperidine rings is 1. The van der Waals surface area contributed by atoms with E-state index < -0.39 is 11.7 Å². The second-order valence-electron chi connectivity index (χ2n) is 8.38. The van der Waals surface area contributed by atoms with Crippen LogP contribution in [0.3, 0.4) is 0 Å². The number of alkyl halides is 3. The Morgan fingerprint density at radius 2 is 1.76 bits per heavy atom. The molecule has 3 heterocycles. The van der Waals surface area contributed by atoms with Crippen molar-refractivity contribution < 1.29 is 32.3 Å². The van der Waals surface area contributed by atoms with Gasteiger partial charge >= 0.3 is 12.1 Å². The second kappa shape index (κ2) is 9.47. The van der Waals surface area contributed by atoms with Crippen molar-refractivity contribution in [3.63, 3.8) is 0 Å². The molecule has 8 nitrogen and oxygen atoms in total. The third-order valence-electron chi connectivity index (χ3n) is 6.14. The summed E-state index contributed by atoms with van der Waals surface area (Å²) in [5.74, 6) is -1.10. The predicted octanol–water partition coefficient (Wildman–Crippen LogP) is 2.97. The van der Waals surface area contributed by atoms with E-state index in [1.54, 1.807) is 11.8 Å². The molecular weight excluding hydrogens is 453 g/mol. The topological polar surface area (TPSA) is 84.7 Å². The molecule has 2 aromatic rings. The Bertz CT molecular complexity index is 1070. The second-order valence-corrected chi connectivity index (χ2v) is 8.38. The summed E-state index contributed by atoms with van der Waals surface area (Å²) in [5.41, 5.74) is 0.265. The number of esters is 1. The Morgan fingerprint density at radius 1 is 1.09 bits per heavy atom. The molecule has 1 aromatic heterocycles. The predicted molar refractivity (Wildman–Crippen MR) is 114 cm³/mol. The van der Waals surface area contributed by atoms with Crippen molar-refractivity contribution in [3.05, 3.63) is 52.8 Å². The van der Waals surface area contributed by atoms with Gasteiger partial charge in [0.1, 0.15) is 5.69 Å². The number of hydrogen-bond acceptors (Lipinski definition) is 5. The van der Waals surface area contributed by atoms with Crippen LogP contribution in [0.25, 0.3) is 0 Å². The van der Waals surface area contributed by atoms with Gasteiger partial charge in [-0.3, -0.25) is 19.1 Å². The fraction of sp³-hybridized carbons (Fsp3) is 0.478. The van der Waals surface area contributed by atoms with Crippen LogP contribution < -0.4 is 0 Å². The first-order valence-corrected chi connectivity index (χ1v) is 11.2. The van der Waals surface area contributed by atoms with Crippen LogP contribution in [-0.2, 0) is 28.8 Å². The molecule has 0 aliphatic carbocycles. The highest BCUT2D eigenvalue weighted by Gasteiger charge is 2.33. The first-order valence-electron chi connectivity index (χ1n) is 11.2. The third-order valence-corrected chi connectivity index (χ3v) is 6.14. The lowest BCUT2D eigenvalue weighted by molar-refractivity contribution is -0.149. The lowest BCUT2D eigenvalue weighted by Gasteiger charge is -2.30. The summed E-state index contributed by atoms with van der Waals surface area (Å²) in [4.78, 5) is 40.9. The number of amides is 2. The smallest absolute Gasteiger partial charge is 0.416 e. The van der Waals surface area contributed by atoms with E-state index in [0.29, 0.717) is 51.2 Å². The standard InChI is InChI=1S/C23H25F3N4O4/c1-2-34-22(33)16-7-9-28(10-8-16)20(31)18-13-19-21(32)29(11-12-30(19)27-18)14-15-3-5-17(6-4-15)23(24,25)26/h3-6,13,16H,2,7-12,14H2,1H3. The maximum absolute atomic E-state index is 12.9. The lowest BCUT2D eigenvalue weighted by Crippen LogP contribution is -2.41. The highest BCUT2D eigenvalue weighted by molar-refractivity contribution is 5.98. The molecule has 2 amide bonds. The van der Waals surface area contributed by atoms with Crippen molar-refractivity contribution in [1.82, 2.24) is 19.6 Å². The quantitative estimate of drug-likeness (QED) is 0.617. The van der Waals surface area contributed by atoms with Crippen LogP contribution in [-0.4, -0.2) is 63.6 Å². The molecule has 2 aliphatic heterocycles. The molecule has 0 bridgehead atoms. The van der Waals surface area contributed by atoms with Crippen LogP contribution in [0, 0.1) is 5.92 Å². The highest BCUT2D eigenvalue weighted by Crippen LogP contribution is 2.29. The minimum Gasteiger partial charge on any atom is -0.466 e. The lowest BCUT2D eigenvalue weighted by atomic mass is 9.97. The van der Waals surface area contributed by atoms with Gasteiger partial charge in [-0.25, -0.2) is 0 Å². The van der Waals surface area contributed by atoms with Gasteiger partial charge < -0.3 is 14.5 Å². The van der Waals surface area contributed by atoms with Crippen LogP contribution in [0.4, 0.5) is 13.2 Å². The normalized spacial score (nSPS) is 17.0. The molecule has 11 heteroatoms. The number of fused-ring (bicyclic) bond motifs is 1. The monoisotopic (exact) mass is 478 g/mol. The van der Waals surface area contributed by atoms with Crippen LogP contribution in [0.15, 0.2) is 30.3 Å². The van der Waals surface area contributed by atoms with Gasteiger partial charge in [-0.1, -0.05) is 12.1 Å². The molecule has 0 radical (unpaired) electrons. The molecular formula is C23H25F3N4O4. The van der Waals surface area contributed by atoms with E-state index in [9.17, 15) is 27.6 Å². The third kappa shape index (κ3) is 4.92. The van der Waals surface area contributed by atoms with Crippen molar-refractivity contribution in [3.8, 4) is 0 Å². The van der Waals surface area contributed by atoms with Gasteiger partial charge in [-0.2, -0.15) is 18.3 Å². The van der Waals surface area contributed by atoms with Crippen LogP contribution in [0.5, 0.6) is 0 Å². The number of ether oxygens (including phenoxy) is 1. The molecule has 2 aliphatic rings. The number of rotatable bonds is 5. The zero-order valence-corrected chi connectivity index (χ0v) is 18.7. The maximum atomic E-state index is 12.9. The molecule has 182 valence electrons. The summed E-state index contributed by atoms with van der Waals surface area (Å²) >= 11 is 0. The van der Waals surface area contributed by atoms with E-state index in [1.165, 1.54) is 27.8 Å². The summed E-state index contributed by atoms with van der Waals surface area (Å²) in [6.45, 7) is 3.74. The Balaban J connectivity index is 1.39. The van der Waals surface area contributed by atoms with Gasteiger partial charge in [-0.15, -0.1) is 0 Å². The van der Waals surface area contributed by atoms with Crippen molar-refractivity contribution in [1.29, 1.82) is 0 Å².